The molecule has 2 aromatic heterocycles. The first-order valence-electron chi connectivity index (χ1n) is 8.62. The molecule has 0 bridgehead atoms. The van der Waals surface area contributed by atoms with Gasteiger partial charge in [0.2, 0.25) is 0 Å². The Hall–Kier alpha value is -2.02. The van der Waals surface area contributed by atoms with Crippen molar-refractivity contribution in [3.8, 4) is 0 Å². The molecule has 6 nitrogen and oxygen atoms in total. The summed E-state index contributed by atoms with van der Waals surface area (Å²) in [5, 5.41) is 8.77. The van der Waals surface area contributed by atoms with Crippen LogP contribution in [0.25, 0.3) is 5.65 Å². The predicted molar refractivity (Wildman–Crippen MR) is 106 cm³/mol. The Morgan fingerprint density at radius 2 is 1.73 bits per heavy atom. The van der Waals surface area contributed by atoms with Crippen molar-refractivity contribution < 1.29 is 0 Å². The number of aromatic nitrogens is 3. The van der Waals surface area contributed by atoms with Crippen LogP contribution in [0.15, 0.2) is 30.5 Å². The minimum atomic E-state index is 0.307. The van der Waals surface area contributed by atoms with Crippen LogP contribution in [-0.2, 0) is 0 Å². The molecule has 0 saturated heterocycles. The molecule has 0 atom stereocenters. The standard InChI is InChI=1S/C18H20Cl2N6/c19-11-5-12(20)7-14(6-11)23-15-8-17(22)25-26-9-16(24-18(15)26)10-1-3-13(21)4-2-10/h5-10,13,23H,1-4,21H2,(H2,22,25)/t10-,13-. The van der Waals surface area contributed by atoms with Gasteiger partial charge in [0.1, 0.15) is 5.82 Å². The van der Waals surface area contributed by atoms with E-state index < -0.39 is 0 Å². The number of hydrogen-bond acceptors (Lipinski definition) is 5. The molecule has 1 aromatic carbocycles. The van der Waals surface area contributed by atoms with E-state index in [1.807, 2.05) is 6.20 Å². The Morgan fingerprint density at radius 1 is 1.04 bits per heavy atom. The van der Waals surface area contributed by atoms with Gasteiger partial charge in [-0.1, -0.05) is 23.2 Å². The molecule has 26 heavy (non-hydrogen) atoms. The Kier molecular flexibility index (Phi) is 4.65. The van der Waals surface area contributed by atoms with Gasteiger partial charge < -0.3 is 16.8 Å². The monoisotopic (exact) mass is 390 g/mol. The smallest absolute Gasteiger partial charge is 0.177 e. The maximum atomic E-state index is 6.09. The Bertz CT molecular complexity index is 926. The molecule has 3 aromatic rings. The highest BCUT2D eigenvalue weighted by atomic mass is 35.5. The van der Waals surface area contributed by atoms with Crippen LogP contribution < -0.4 is 16.8 Å². The minimum absolute atomic E-state index is 0.307. The molecule has 2 heterocycles. The van der Waals surface area contributed by atoms with E-state index in [-0.39, 0.29) is 0 Å². The van der Waals surface area contributed by atoms with E-state index in [1.54, 1.807) is 28.8 Å². The lowest BCUT2D eigenvalue weighted by molar-refractivity contribution is 0.391. The van der Waals surface area contributed by atoms with Crippen LogP contribution in [0.3, 0.4) is 0 Å². The predicted octanol–water partition coefficient (Wildman–Crippen LogP) is 4.35. The van der Waals surface area contributed by atoms with E-state index in [0.717, 1.165) is 48.4 Å². The van der Waals surface area contributed by atoms with Crippen molar-refractivity contribution >= 4 is 46.0 Å². The number of nitrogens with one attached hydrogen (secondary N) is 1. The van der Waals surface area contributed by atoms with Crippen molar-refractivity contribution in [1.82, 2.24) is 14.6 Å². The summed E-state index contributed by atoms with van der Waals surface area (Å²) in [6.45, 7) is 0. The van der Waals surface area contributed by atoms with Gasteiger partial charge in [0.25, 0.3) is 0 Å². The molecule has 1 saturated carbocycles. The third kappa shape index (κ3) is 3.58. The number of nitrogen functional groups attached to an aromatic ring is 1. The second kappa shape index (κ2) is 6.95. The molecule has 8 heteroatoms. The van der Waals surface area contributed by atoms with Crippen molar-refractivity contribution in [2.45, 2.75) is 37.6 Å². The van der Waals surface area contributed by atoms with Gasteiger partial charge in [-0.05, 0) is 43.9 Å². The van der Waals surface area contributed by atoms with Crippen LogP contribution in [0.4, 0.5) is 17.2 Å². The lowest BCUT2D eigenvalue weighted by Crippen LogP contribution is -2.25. The molecule has 0 amide bonds. The number of anilines is 3. The van der Waals surface area contributed by atoms with Crippen molar-refractivity contribution in [1.29, 1.82) is 0 Å². The summed E-state index contributed by atoms with van der Waals surface area (Å²) >= 11 is 12.2. The molecule has 0 unspecified atom stereocenters. The van der Waals surface area contributed by atoms with E-state index in [4.69, 9.17) is 39.7 Å². The molecule has 0 radical (unpaired) electrons. The van der Waals surface area contributed by atoms with Gasteiger partial charge in [-0.15, -0.1) is 5.10 Å². The minimum Gasteiger partial charge on any atom is -0.382 e. The van der Waals surface area contributed by atoms with Gasteiger partial charge in [-0.3, -0.25) is 0 Å². The van der Waals surface area contributed by atoms with E-state index in [1.165, 1.54) is 0 Å². The number of fused-ring (bicyclic) bond motifs is 1. The molecule has 1 aliphatic carbocycles. The molecule has 0 spiro atoms. The summed E-state index contributed by atoms with van der Waals surface area (Å²) in [4.78, 5) is 4.82. The number of hydrogen-bond donors (Lipinski definition) is 3. The second-order valence-corrected chi connectivity index (χ2v) is 7.68. The van der Waals surface area contributed by atoms with E-state index in [0.29, 0.717) is 27.8 Å². The van der Waals surface area contributed by atoms with Crippen LogP contribution in [-0.4, -0.2) is 20.6 Å². The number of benzene rings is 1. The first kappa shape index (κ1) is 17.4. The molecular weight excluding hydrogens is 371 g/mol. The molecule has 5 N–H and O–H groups in total. The Balaban J connectivity index is 1.70. The first-order valence-corrected chi connectivity index (χ1v) is 9.38. The molecular formula is C18H20Cl2N6. The van der Waals surface area contributed by atoms with Gasteiger partial charge in [0.05, 0.1) is 17.6 Å². The zero-order chi connectivity index (χ0) is 18.3. The van der Waals surface area contributed by atoms with Crippen LogP contribution in [0.5, 0.6) is 0 Å². The van der Waals surface area contributed by atoms with Crippen LogP contribution in [0.2, 0.25) is 10.0 Å². The van der Waals surface area contributed by atoms with Crippen LogP contribution in [0.1, 0.15) is 37.3 Å². The van der Waals surface area contributed by atoms with Gasteiger partial charge in [-0.25, -0.2) is 9.50 Å². The van der Waals surface area contributed by atoms with Crippen molar-refractivity contribution in [3.63, 3.8) is 0 Å². The zero-order valence-corrected chi connectivity index (χ0v) is 15.6. The number of imidazole rings is 1. The number of nitrogens with zero attached hydrogens (tertiary/aromatic N) is 3. The third-order valence-corrected chi connectivity index (χ3v) is 5.23. The lowest BCUT2D eigenvalue weighted by Gasteiger charge is -2.24. The normalized spacial score (nSPS) is 20.4. The van der Waals surface area contributed by atoms with Crippen LogP contribution in [0, 0.1) is 0 Å². The second-order valence-electron chi connectivity index (χ2n) is 6.81. The van der Waals surface area contributed by atoms with Crippen molar-refractivity contribution in [2.24, 2.45) is 5.73 Å². The summed E-state index contributed by atoms with van der Waals surface area (Å²) in [6, 6.07) is 7.35. The average Bonchev–Trinajstić information content (AvgIpc) is 2.98. The molecule has 4 rings (SSSR count). The van der Waals surface area contributed by atoms with Gasteiger partial charge in [0, 0.05) is 33.8 Å². The number of halogens is 2. The molecule has 136 valence electrons. The quantitative estimate of drug-likeness (QED) is 0.617. The van der Waals surface area contributed by atoms with Gasteiger partial charge in [-0.2, -0.15) is 0 Å². The summed E-state index contributed by atoms with van der Waals surface area (Å²) in [7, 11) is 0. The average molecular weight is 391 g/mol. The third-order valence-electron chi connectivity index (χ3n) is 4.79. The topological polar surface area (TPSA) is 94.3 Å². The summed E-state index contributed by atoms with van der Waals surface area (Å²) in [5.74, 6) is 0.814. The van der Waals surface area contributed by atoms with E-state index in [9.17, 15) is 0 Å². The number of rotatable bonds is 3. The summed E-state index contributed by atoms with van der Waals surface area (Å²) in [5.41, 5.74) is 15.3. The summed E-state index contributed by atoms with van der Waals surface area (Å²) < 4.78 is 1.73. The largest absolute Gasteiger partial charge is 0.382 e. The summed E-state index contributed by atoms with van der Waals surface area (Å²) in [6.07, 6.45) is 6.12. The van der Waals surface area contributed by atoms with Gasteiger partial charge in [0.15, 0.2) is 5.65 Å². The van der Waals surface area contributed by atoms with E-state index in [2.05, 4.69) is 10.4 Å². The fourth-order valence-corrected chi connectivity index (χ4v) is 4.03. The molecule has 1 fully saturated rings. The molecule has 0 aliphatic heterocycles. The molecule has 1 aliphatic rings. The maximum absolute atomic E-state index is 6.09. The maximum Gasteiger partial charge on any atom is 0.177 e. The zero-order valence-electron chi connectivity index (χ0n) is 14.1. The number of nitrogens with two attached hydrogens (primary N) is 2. The van der Waals surface area contributed by atoms with Gasteiger partial charge >= 0.3 is 0 Å². The Labute approximate surface area is 161 Å². The fourth-order valence-electron chi connectivity index (χ4n) is 3.50. The highest BCUT2D eigenvalue weighted by Crippen LogP contribution is 2.33. The lowest BCUT2D eigenvalue weighted by atomic mass is 9.85. The SMILES string of the molecule is Nc1cc(Nc2cc(Cl)cc(Cl)c2)c2nc([C@H]3CC[C@H](N)CC3)cn2n1. The highest BCUT2D eigenvalue weighted by molar-refractivity contribution is 6.35. The van der Waals surface area contributed by atoms with Crippen molar-refractivity contribution in [3.05, 3.63) is 46.2 Å². The fraction of sp³-hybridized carbons (Fsp3) is 0.333. The Morgan fingerprint density at radius 3 is 2.42 bits per heavy atom. The van der Waals surface area contributed by atoms with Crippen molar-refractivity contribution in [2.75, 3.05) is 11.1 Å². The van der Waals surface area contributed by atoms with Crippen LogP contribution >= 0.6 is 23.2 Å². The highest BCUT2D eigenvalue weighted by Gasteiger charge is 2.23. The first-order chi connectivity index (χ1) is 12.5. The van der Waals surface area contributed by atoms with E-state index >= 15 is 0 Å².